The van der Waals surface area contributed by atoms with Crippen molar-refractivity contribution in [3.8, 4) is 0 Å². The van der Waals surface area contributed by atoms with Gasteiger partial charge in [-0.15, -0.1) is 0 Å². The van der Waals surface area contributed by atoms with E-state index in [4.69, 9.17) is 15.2 Å². The van der Waals surface area contributed by atoms with Gasteiger partial charge in [-0.2, -0.15) is 0 Å². The quantitative estimate of drug-likeness (QED) is 0.329. The largest absolute Gasteiger partial charge is 0.390 e. The van der Waals surface area contributed by atoms with Crippen LogP contribution in [0, 0.1) is 0 Å². The van der Waals surface area contributed by atoms with Crippen molar-refractivity contribution in [1.82, 2.24) is 19.5 Å². The standard InChI is InChI=1S/C29H27N5O3/c30-27-26-28(32-18-31-27)34(19-33-26)25-16-23(35)24(37-25)17-36-29(20-10-4-1-5-11-20,21-12-6-2-7-13-21)22-14-8-3-9-15-22/h1-15,18-19,23-25,35H,16-17H2,(H2,30,31,32)/t23?,24-,25-/m1/s1. The predicted molar refractivity (Wildman–Crippen MR) is 139 cm³/mol. The fraction of sp³-hybridized carbons (Fsp3) is 0.207. The smallest absolute Gasteiger partial charge is 0.167 e. The Morgan fingerprint density at radius 3 is 2.00 bits per heavy atom. The zero-order valence-electron chi connectivity index (χ0n) is 20.1. The molecule has 0 radical (unpaired) electrons. The van der Waals surface area contributed by atoms with Crippen LogP contribution >= 0.6 is 0 Å². The summed E-state index contributed by atoms with van der Waals surface area (Å²) in [7, 11) is 0. The van der Waals surface area contributed by atoms with Gasteiger partial charge in [-0.05, 0) is 16.7 Å². The van der Waals surface area contributed by atoms with Crippen molar-refractivity contribution in [1.29, 1.82) is 0 Å². The van der Waals surface area contributed by atoms with Gasteiger partial charge in [0.25, 0.3) is 0 Å². The van der Waals surface area contributed by atoms with E-state index >= 15 is 0 Å². The Bertz CT molecular complexity index is 1380. The maximum absolute atomic E-state index is 11.0. The first-order valence-corrected chi connectivity index (χ1v) is 12.2. The van der Waals surface area contributed by atoms with Crippen LogP contribution in [0.5, 0.6) is 0 Å². The molecule has 37 heavy (non-hydrogen) atoms. The molecule has 6 rings (SSSR count). The molecular formula is C29H27N5O3. The van der Waals surface area contributed by atoms with Crippen LogP contribution in [0.1, 0.15) is 29.3 Å². The maximum atomic E-state index is 11.0. The van der Waals surface area contributed by atoms with E-state index in [1.807, 2.05) is 54.6 Å². The molecule has 0 amide bonds. The molecule has 1 aliphatic rings. The fourth-order valence-corrected chi connectivity index (χ4v) is 5.09. The Kier molecular flexibility index (Phi) is 6.13. The first-order chi connectivity index (χ1) is 18.2. The van der Waals surface area contributed by atoms with Crippen molar-refractivity contribution in [2.24, 2.45) is 0 Å². The minimum Gasteiger partial charge on any atom is -0.390 e. The molecule has 1 fully saturated rings. The van der Waals surface area contributed by atoms with Gasteiger partial charge in [-0.1, -0.05) is 91.0 Å². The topological polar surface area (TPSA) is 108 Å². The number of anilines is 1. The van der Waals surface area contributed by atoms with Gasteiger partial charge in [-0.25, -0.2) is 15.0 Å². The summed E-state index contributed by atoms with van der Waals surface area (Å²) >= 11 is 0. The fourth-order valence-electron chi connectivity index (χ4n) is 5.09. The number of rotatable bonds is 7. The summed E-state index contributed by atoms with van der Waals surface area (Å²) in [6, 6.07) is 30.4. The molecule has 0 aliphatic carbocycles. The lowest BCUT2D eigenvalue weighted by atomic mass is 9.80. The molecule has 1 unspecified atom stereocenters. The Morgan fingerprint density at radius 2 is 1.43 bits per heavy atom. The van der Waals surface area contributed by atoms with Gasteiger partial charge >= 0.3 is 0 Å². The SMILES string of the molecule is Nc1ncnc2c1ncn2[C@H]1CC(O)[C@@H](COC(c2ccccc2)(c2ccccc2)c2ccccc2)O1. The number of nitrogens with zero attached hydrogens (tertiary/aromatic N) is 4. The van der Waals surface area contributed by atoms with Crippen LogP contribution in [0.2, 0.25) is 0 Å². The minimum atomic E-state index is -0.895. The van der Waals surface area contributed by atoms with Crippen LogP contribution in [0.4, 0.5) is 5.82 Å². The number of aromatic nitrogens is 4. The number of fused-ring (bicyclic) bond motifs is 1. The molecule has 8 heteroatoms. The summed E-state index contributed by atoms with van der Waals surface area (Å²) in [4.78, 5) is 12.7. The lowest BCUT2D eigenvalue weighted by molar-refractivity contribution is -0.0930. The summed E-state index contributed by atoms with van der Waals surface area (Å²) < 4.78 is 15.0. The van der Waals surface area contributed by atoms with E-state index in [0.717, 1.165) is 16.7 Å². The molecule has 8 nitrogen and oxygen atoms in total. The third kappa shape index (κ3) is 4.15. The van der Waals surface area contributed by atoms with E-state index in [9.17, 15) is 5.11 Å². The van der Waals surface area contributed by atoms with Crippen LogP contribution in [-0.2, 0) is 15.1 Å². The first-order valence-electron chi connectivity index (χ1n) is 12.2. The summed E-state index contributed by atoms with van der Waals surface area (Å²) in [6.07, 6.45) is 1.65. The van der Waals surface area contributed by atoms with Crippen molar-refractivity contribution >= 4 is 17.0 Å². The number of nitrogen functional groups attached to an aromatic ring is 1. The molecule has 0 bridgehead atoms. The minimum absolute atomic E-state index is 0.167. The highest BCUT2D eigenvalue weighted by Crippen LogP contribution is 2.41. The van der Waals surface area contributed by atoms with Crippen LogP contribution in [0.15, 0.2) is 104 Å². The zero-order chi connectivity index (χ0) is 25.2. The predicted octanol–water partition coefficient (Wildman–Crippen LogP) is 4.07. The van der Waals surface area contributed by atoms with Crippen LogP contribution in [-0.4, -0.2) is 43.4 Å². The Labute approximate surface area is 214 Å². The number of imidazole rings is 1. The Hall–Kier alpha value is -4.11. The normalized spacial score (nSPS) is 19.9. The van der Waals surface area contributed by atoms with Crippen molar-refractivity contribution in [2.45, 2.75) is 30.5 Å². The highest BCUT2D eigenvalue weighted by Gasteiger charge is 2.42. The highest BCUT2D eigenvalue weighted by molar-refractivity contribution is 5.81. The second-order valence-corrected chi connectivity index (χ2v) is 9.11. The molecule has 3 aromatic carbocycles. The summed E-state index contributed by atoms with van der Waals surface area (Å²) in [5.41, 5.74) is 9.10. The number of ether oxygens (including phenoxy) is 2. The molecule has 1 saturated heterocycles. The second kappa shape index (κ2) is 9.74. The van der Waals surface area contributed by atoms with Crippen LogP contribution in [0.25, 0.3) is 11.2 Å². The molecule has 0 spiro atoms. The third-order valence-electron chi connectivity index (χ3n) is 6.91. The Morgan fingerprint density at radius 1 is 0.865 bits per heavy atom. The van der Waals surface area contributed by atoms with E-state index in [-0.39, 0.29) is 6.61 Å². The lowest BCUT2D eigenvalue weighted by Crippen LogP contribution is -2.38. The third-order valence-corrected chi connectivity index (χ3v) is 6.91. The van der Waals surface area contributed by atoms with E-state index in [1.165, 1.54) is 6.33 Å². The van der Waals surface area contributed by atoms with Crippen LogP contribution in [0.3, 0.4) is 0 Å². The average Bonchev–Trinajstić information content (AvgIpc) is 3.55. The molecule has 0 saturated carbocycles. The second-order valence-electron chi connectivity index (χ2n) is 9.11. The molecule has 3 heterocycles. The van der Waals surface area contributed by atoms with E-state index in [1.54, 1.807) is 10.9 Å². The van der Waals surface area contributed by atoms with Crippen molar-refractivity contribution in [3.63, 3.8) is 0 Å². The van der Waals surface area contributed by atoms with Gasteiger partial charge in [0.05, 0.1) is 19.0 Å². The monoisotopic (exact) mass is 493 g/mol. The van der Waals surface area contributed by atoms with Crippen molar-refractivity contribution in [3.05, 3.63) is 120 Å². The van der Waals surface area contributed by atoms with E-state index < -0.39 is 24.0 Å². The van der Waals surface area contributed by atoms with Gasteiger partial charge in [-0.3, -0.25) is 4.57 Å². The summed E-state index contributed by atoms with van der Waals surface area (Å²) in [6.45, 7) is 0.167. The van der Waals surface area contributed by atoms with Gasteiger partial charge in [0.15, 0.2) is 11.5 Å². The van der Waals surface area contributed by atoms with Crippen molar-refractivity contribution < 1.29 is 14.6 Å². The molecule has 1 aliphatic heterocycles. The number of hydrogen-bond donors (Lipinski definition) is 2. The lowest BCUT2D eigenvalue weighted by Gasteiger charge is -2.37. The molecule has 2 aromatic heterocycles. The molecule has 3 atom stereocenters. The number of hydrogen-bond acceptors (Lipinski definition) is 7. The number of aliphatic hydroxyl groups excluding tert-OH is 1. The number of nitrogens with two attached hydrogens (primary N) is 1. The summed E-state index contributed by atoms with van der Waals surface area (Å²) in [5.74, 6) is 0.306. The van der Waals surface area contributed by atoms with Crippen LogP contribution < -0.4 is 5.73 Å². The molecular weight excluding hydrogens is 466 g/mol. The molecule has 3 N–H and O–H groups in total. The highest BCUT2D eigenvalue weighted by atomic mass is 16.6. The molecule has 5 aromatic rings. The Balaban J connectivity index is 1.34. The van der Waals surface area contributed by atoms with Gasteiger partial charge < -0.3 is 20.3 Å². The zero-order valence-corrected chi connectivity index (χ0v) is 20.1. The maximum Gasteiger partial charge on any atom is 0.167 e. The average molecular weight is 494 g/mol. The van der Waals surface area contributed by atoms with E-state index in [2.05, 4.69) is 51.4 Å². The first kappa shape index (κ1) is 23.3. The number of aliphatic hydroxyl groups is 1. The molecule has 186 valence electrons. The van der Waals surface area contributed by atoms with Crippen molar-refractivity contribution in [2.75, 3.05) is 12.3 Å². The van der Waals surface area contributed by atoms with E-state index in [0.29, 0.717) is 23.4 Å². The van der Waals surface area contributed by atoms with Gasteiger partial charge in [0.2, 0.25) is 0 Å². The van der Waals surface area contributed by atoms with Gasteiger partial charge in [0, 0.05) is 6.42 Å². The summed E-state index contributed by atoms with van der Waals surface area (Å²) in [5, 5.41) is 11.0. The number of benzene rings is 3. The van der Waals surface area contributed by atoms with Gasteiger partial charge in [0.1, 0.15) is 29.8 Å².